The van der Waals surface area contributed by atoms with Gasteiger partial charge in [0.1, 0.15) is 6.10 Å². The van der Waals surface area contributed by atoms with E-state index in [1.165, 1.54) is 0 Å². The zero-order valence-corrected chi connectivity index (χ0v) is 16.9. The molecule has 9 heteroatoms. The summed E-state index contributed by atoms with van der Waals surface area (Å²) in [7, 11) is 0. The van der Waals surface area contributed by atoms with Gasteiger partial charge in [0, 0.05) is 53.9 Å². The summed E-state index contributed by atoms with van der Waals surface area (Å²) in [5.41, 5.74) is 6.71. The van der Waals surface area contributed by atoms with Crippen LogP contribution in [0.5, 0.6) is 5.88 Å². The summed E-state index contributed by atoms with van der Waals surface area (Å²) in [5, 5.41) is 19.3. The van der Waals surface area contributed by atoms with Gasteiger partial charge >= 0.3 is 0 Å². The van der Waals surface area contributed by atoms with Crippen LogP contribution in [0.25, 0.3) is 32.6 Å². The van der Waals surface area contributed by atoms with Crippen molar-refractivity contribution in [2.24, 2.45) is 0 Å². The number of hydrogen-bond donors (Lipinski definition) is 2. The van der Waals surface area contributed by atoms with Crippen LogP contribution in [-0.2, 0) is 4.74 Å². The summed E-state index contributed by atoms with van der Waals surface area (Å²) in [6, 6.07) is 8.74. The fourth-order valence-electron chi connectivity index (χ4n) is 4.36. The third-order valence-electron chi connectivity index (χ3n) is 5.70. The minimum absolute atomic E-state index is 0.146. The molecule has 8 nitrogen and oxygen atoms in total. The number of piperidine rings is 1. The Morgan fingerprint density at radius 3 is 2.67 bits per heavy atom. The number of morpholine rings is 1. The molecule has 2 atom stereocenters. The number of H-pyrrole nitrogens is 1. The molecule has 5 heterocycles. The molecule has 0 aliphatic carbocycles. The fourth-order valence-corrected chi connectivity index (χ4v) is 5.20. The molecule has 0 saturated carbocycles. The molecule has 30 heavy (non-hydrogen) atoms. The molecule has 0 radical (unpaired) electrons. The predicted octanol–water partition coefficient (Wildman–Crippen LogP) is 3.04. The predicted molar refractivity (Wildman–Crippen MR) is 113 cm³/mol. The lowest BCUT2D eigenvalue weighted by Gasteiger charge is -2.39. The lowest BCUT2D eigenvalue weighted by atomic mass is 9.95. The molecule has 2 bridgehead atoms. The number of aromatic amines is 1. The smallest absolute Gasteiger partial charge is 0.233 e. The number of ether oxygens (including phenoxy) is 2. The van der Waals surface area contributed by atoms with Crippen molar-refractivity contribution in [3.63, 3.8) is 0 Å². The molecule has 0 spiro atoms. The Balaban J connectivity index is 1.25. The highest BCUT2D eigenvalue weighted by Crippen LogP contribution is 2.36. The molecule has 4 aromatic rings. The zero-order chi connectivity index (χ0) is 19.9. The Morgan fingerprint density at radius 1 is 1.03 bits per heavy atom. The minimum Gasteiger partial charge on any atom is -0.473 e. The van der Waals surface area contributed by atoms with Crippen LogP contribution in [0.15, 0.2) is 42.2 Å². The van der Waals surface area contributed by atoms with Crippen LogP contribution in [0.1, 0.15) is 12.8 Å². The molecule has 2 aliphatic heterocycles. The van der Waals surface area contributed by atoms with Gasteiger partial charge in [-0.15, -0.1) is 21.5 Å². The maximum atomic E-state index is 6.13. The van der Waals surface area contributed by atoms with Gasteiger partial charge < -0.3 is 14.8 Å². The third kappa shape index (κ3) is 3.24. The lowest BCUT2D eigenvalue weighted by Crippen LogP contribution is -2.56. The van der Waals surface area contributed by atoms with Crippen molar-refractivity contribution in [3.8, 4) is 28.3 Å². The van der Waals surface area contributed by atoms with Crippen LogP contribution < -0.4 is 10.1 Å². The van der Waals surface area contributed by atoms with Crippen LogP contribution in [0.4, 0.5) is 0 Å². The molecule has 0 amide bonds. The SMILES string of the molecule is c1nc2c(-c3cn[nH]c3)ccc(-c3ccc(OC4C[C@@H]5COC[C@@H](C4)N5)nn3)c2s1. The molecule has 152 valence electrons. The molecule has 1 aromatic carbocycles. The number of benzene rings is 1. The van der Waals surface area contributed by atoms with Gasteiger partial charge in [-0.2, -0.15) is 5.10 Å². The van der Waals surface area contributed by atoms with Gasteiger partial charge in [-0.1, -0.05) is 12.1 Å². The second-order valence-electron chi connectivity index (χ2n) is 7.74. The number of rotatable bonds is 4. The first-order valence-electron chi connectivity index (χ1n) is 10.0. The van der Waals surface area contributed by atoms with Crippen molar-refractivity contribution >= 4 is 21.6 Å². The quantitative estimate of drug-likeness (QED) is 0.524. The topological polar surface area (TPSA) is 97.8 Å². The third-order valence-corrected chi connectivity index (χ3v) is 6.56. The molecule has 2 saturated heterocycles. The number of thiazole rings is 1. The van der Waals surface area contributed by atoms with Gasteiger partial charge in [-0.3, -0.25) is 5.10 Å². The van der Waals surface area contributed by atoms with Gasteiger partial charge in [0.25, 0.3) is 0 Å². The van der Waals surface area contributed by atoms with E-state index in [0.29, 0.717) is 18.0 Å². The van der Waals surface area contributed by atoms with Crippen molar-refractivity contribution in [1.82, 2.24) is 30.7 Å². The highest BCUT2D eigenvalue weighted by Gasteiger charge is 2.33. The molecular weight excluding hydrogens is 400 g/mol. The van der Waals surface area contributed by atoms with Crippen molar-refractivity contribution in [1.29, 1.82) is 0 Å². The van der Waals surface area contributed by atoms with Crippen LogP contribution >= 0.6 is 11.3 Å². The molecule has 2 fully saturated rings. The standard InChI is InChI=1S/C21H20N6O2S/c1-2-17(21-20(22-11-30-21)16(1)12-7-23-24-8-12)18-3-4-19(27-26-18)29-15-5-13-9-28-10-14(6-15)25-13/h1-4,7-8,11,13-15,25H,5-6,9-10H2,(H,23,24)/t13-,14-/m1/s1. The van der Waals surface area contributed by atoms with Crippen LogP contribution in [-0.4, -0.2) is 56.8 Å². The van der Waals surface area contributed by atoms with Gasteiger partial charge in [0.05, 0.1) is 40.8 Å². The van der Waals surface area contributed by atoms with E-state index in [1.54, 1.807) is 17.5 Å². The van der Waals surface area contributed by atoms with E-state index in [4.69, 9.17) is 9.47 Å². The van der Waals surface area contributed by atoms with E-state index in [-0.39, 0.29) is 6.10 Å². The Hall–Kier alpha value is -2.88. The second kappa shape index (κ2) is 7.42. The Labute approximate surface area is 176 Å². The molecule has 3 aromatic heterocycles. The summed E-state index contributed by atoms with van der Waals surface area (Å²) < 4.78 is 12.8. The molecule has 2 N–H and O–H groups in total. The van der Waals surface area contributed by atoms with E-state index >= 15 is 0 Å². The number of nitrogens with one attached hydrogen (secondary N) is 2. The minimum atomic E-state index is 0.146. The Morgan fingerprint density at radius 2 is 1.90 bits per heavy atom. The van der Waals surface area contributed by atoms with E-state index < -0.39 is 0 Å². The van der Waals surface area contributed by atoms with Gasteiger partial charge in [0.15, 0.2) is 0 Å². The summed E-state index contributed by atoms with van der Waals surface area (Å²) in [4.78, 5) is 4.57. The van der Waals surface area contributed by atoms with Crippen molar-refractivity contribution in [3.05, 3.63) is 42.2 Å². The van der Waals surface area contributed by atoms with Gasteiger partial charge in [-0.25, -0.2) is 4.98 Å². The van der Waals surface area contributed by atoms with E-state index in [0.717, 1.165) is 58.7 Å². The largest absolute Gasteiger partial charge is 0.473 e. The summed E-state index contributed by atoms with van der Waals surface area (Å²) in [6.45, 7) is 1.50. The maximum absolute atomic E-state index is 6.13. The molecule has 6 rings (SSSR count). The highest BCUT2D eigenvalue weighted by molar-refractivity contribution is 7.17. The monoisotopic (exact) mass is 420 g/mol. The van der Waals surface area contributed by atoms with Gasteiger partial charge in [-0.05, 0) is 6.07 Å². The second-order valence-corrected chi connectivity index (χ2v) is 8.60. The van der Waals surface area contributed by atoms with Crippen LogP contribution in [0.2, 0.25) is 0 Å². The first kappa shape index (κ1) is 17.9. The maximum Gasteiger partial charge on any atom is 0.233 e. The normalized spacial score (nSPS) is 23.5. The average molecular weight is 420 g/mol. The van der Waals surface area contributed by atoms with Gasteiger partial charge in [0.2, 0.25) is 5.88 Å². The summed E-state index contributed by atoms with van der Waals surface area (Å²) >= 11 is 1.60. The first-order chi connectivity index (χ1) is 14.8. The number of nitrogens with zero attached hydrogens (tertiary/aromatic N) is 4. The molecule has 0 unspecified atom stereocenters. The summed E-state index contributed by atoms with van der Waals surface area (Å²) in [5.74, 6) is 0.570. The number of aromatic nitrogens is 5. The number of fused-ring (bicyclic) bond motifs is 3. The first-order valence-corrected chi connectivity index (χ1v) is 10.9. The fraction of sp³-hybridized carbons (Fsp3) is 0.333. The number of hydrogen-bond acceptors (Lipinski definition) is 8. The highest BCUT2D eigenvalue weighted by atomic mass is 32.1. The van der Waals surface area contributed by atoms with Crippen molar-refractivity contribution in [2.75, 3.05) is 13.2 Å². The van der Waals surface area contributed by atoms with E-state index in [2.05, 4.69) is 42.8 Å². The zero-order valence-electron chi connectivity index (χ0n) is 16.1. The average Bonchev–Trinajstić information content (AvgIpc) is 3.46. The Bertz CT molecular complexity index is 1150. The molecule has 2 aliphatic rings. The molecular formula is C21H20N6O2S. The summed E-state index contributed by atoms with van der Waals surface area (Å²) in [6.07, 6.45) is 5.68. The van der Waals surface area contributed by atoms with Crippen molar-refractivity contribution < 1.29 is 9.47 Å². The van der Waals surface area contributed by atoms with E-state index in [9.17, 15) is 0 Å². The van der Waals surface area contributed by atoms with Crippen LogP contribution in [0.3, 0.4) is 0 Å². The van der Waals surface area contributed by atoms with E-state index in [1.807, 2.05) is 23.8 Å². The lowest BCUT2D eigenvalue weighted by molar-refractivity contribution is -0.0134. The van der Waals surface area contributed by atoms with Crippen LogP contribution in [0, 0.1) is 0 Å². The Kier molecular flexibility index (Phi) is 4.44. The van der Waals surface area contributed by atoms with Crippen molar-refractivity contribution in [2.45, 2.75) is 31.0 Å².